The quantitative estimate of drug-likeness (QED) is 0.790. The van der Waals surface area contributed by atoms with E-state index in [1.807, 2.05) is 35.2 Å². The number of nitrogens with zero attached hydrogens (tertiary/aromatic N) is 1. The molecule has 3 nitrogen and oxygen atoms in total. The topological polar surface area (TPSA) is 40.5 Å². The number of aliphatic carboxylic acids is 1. The maximum atomic E-state index is 11.4. The lowest BCUT2D eigenvalue weighted by Gasteiger charge is -2.28. The van der Waals surface area contributed by atoms with Crippen LogP contribution in [0.5, 0.6) is 0 Å². The smallest absolute Gasteiger partial charge is 0.325 e. The Kier molecular flexibility index (Phi) is 5.70. The fourth-order valence-corrected chi connectivity index (χ4v) is 2.09. The summed E-state index contributed by atoms with van der Waals surface area (Å²) in [6, 6.07) is 8.94. The summed E-state index contributed by atoms with van der Waals surface area (Å²) in [4.78, 5) is 13.5. The van der Waals surface area contributed by atoms with Crippen LogP contribution in [0.2, 0.25) is 0 Å². The van der Waals surface area contributed by atoms with E-state index < -0.39 is 12.0 Å². The summed E-state index contributed by atoms with van der Waals surface area (Å²) in [6.45, 7) is 5.79. The fourth-order valence-electron chi connectivity index (χ4n) is 2.09. The van der Waals surface area contributed by atoms with Crippen molar-refractivity contribution in [3.05, 3.63) is 35.9 Å². The lowest BCUT2D eigenvalue weighted by atomic mass is 10.0. The summed E-state index contributed by atoms with van der Waals surface area (Å²) >= 11 is 0. The molecule has 0 aliphatic heterocycles. The second kappa shape index (κ2) is 7.07. The predicted molar refractivity (Wildman–Crippen MR) is 69.0 cm³/mol. The maximum absolute atomic E-state index is 11.4. The molecule has 1 rings (SSSR count). The second-order valence-corrected chi connectivity index (χ2v) is 4.19. The van der Waals surface area contributed by atoms with Gasteiger partial charge in [-0.2, -0.15) is 0 Å². The highest BCUT2D eigenvalue weighted by Gasteiger charge is 2.25. The highest BCUT2D eigenvalue weighted by molar-refractivity contribution is 5.75. The van der Waals surface area contributed by atoms with Crippen molar-refractivity contribution in [2.45, 2.75) is 32.7 Å². The van der Waals surface area contributed by atoms with Crippen molar-refractivity contribution in [1.82, 2.24) is 4.90 Å². The molecular formula is C14H21NO2. The fraction of sp³-hybridized carbons (Fsp3) is 0.500. The van der Waals surface area contributed by atoms with Crippen LogP contribution in [-0.2, 0) is 4.79 Å². The highest BCUT2D eigenvalue weighted by Crippen LogP contribution is 2.21. The zero-order valence-electron chi connectivity index (χ0n) is 10.6. The van der Waals surface area contributed by atoms with E-state index in [1.54, 1.807) is 0 Å². The van der Waals surface area contributed by atoms with Gasteiger partial charge in [-0.3, -0.25) is 9.69 Å². The van der Waals surface area contributed by atoms with E-state index in [2.05, 4.69) is 13.8 Å². The van der Waals surface area contributed by atoms with Crippen molar-refractivity contribution in [2.24, 2.45) is 0 Å². The predicted octanol–water partition coefficient (Wildman–Crippen LogP) is 2.93. The number of hydrogen-bond acceptors (Lipinski definition) is 2. The third-order valence-corrected chi connectivity index (χ3v) is 2.74. The van der Waals surface area contributed by atoms with Crippen molar-refractivity contribution >= 4 is 5.97 Å². The summed E-state index contributed by atoms with van der Waals surface area (Å²) in [5.41, 5.74) is 0.863. The third-order valence-electron chi connectivity index (χ3n) is 2.74. The molecule has 1 atom stereocenters. The molecule has 0 saturated heterocycles. The molecule has 0 bridgehead atoms. The Labute approximate surface area is 103 Å². The van der Waals surface area contributed by atoms with E-state index in [-0.39, 0.29) is 0 Å². The van der Waals surface area contributed by atoms with Gasteiger partial charge >= 0.3 is 5.97 Å². The van der Waals surface area contributed by atoms with Crippen molar-refractivity contribution in [1.29, 1.82) is 0 Å². The first-order chi connectivity index (χ1) is 8.20. The first kappa shape index (κ1) is 13.7. The SMILES string of the molecule is CCCN(CCC)C(C(=O)O)c1ccccc1. The van der Waals surface area contributed by atoms with Crippen molar-refractivity contribution < 1.29 is 9.90 Å². The number of hydrogen-bond donors (Lipinski definition) is 1. The average molecular weight is 235 g/mol. The van der Waals surface area contributed by atoms with Crippen LogP contribution in [0.4, 0.5) is 0 Å². The number of carbonyl (C=O) groups is 1. The molecule has 1 N–H and O–H groups in total. The van der Waals surface area contributed by atoms with Crippen molar-refractivity contribution in [3.63, 3.8) is 0 Å². The van der Waals surface area contributed by atoms with Gasteiger partial charge < -0.3 is 5.11 Å². The van der Waals surface area contributed by atoms with Gasteiger partial charge in [0, 0.05) is 0 Å². The van der Waals surface area contributed by atoms with Crippen LogP contribution in [0.15, 0.2) is 30.3 Å². The molecular weight excluding hydrogens is 214 g/mol. The molecule has 3 heteroatoms. The van der Waals surface area contributed by atoms with Crippen LogP contribution in [0.1, 0.15) is 38.3 Å². The number of benzene rings is 1. The first-order valence-corrected chi connectivity index (χ1v) is 6.22. The molecule has 0 aromatic heterocycles. The lowest BCUT2D eigenvalue weighted by molar-refractivity contribution is -0.143. The van der Waals surface area contributed by atoms with Crippen LogP contribution in [-0.4, -0.2) is 29.1 Å². The van der Waals surface area contributed by atoms with E-state index in [4.69, 9.17) is 0 Å². The van der Waals surface area contributed by atoms with E-state index in [0.717, 1.165) is 31.5 Å². The molecule has 0 radical (unpaired) electrons. The molecule has 0 heterocycles. The van der Waals surface area contributed by atoms with E-state index in [9.17, 15) is 9.90 Å². The third kappa shape index (κ3) is 3.86. The Bertz CT molecular complexity index is 331. The molecule has 0 aliphatic carbocycles. The summed E-state index contributed by atoms with van der Waals surface area (Å²) in [6.07, 6.45) is 1.94. The molecule has 1 aromatic rings. The van der Waals surface area contributed by atoms with Crippen LogP contribution in [0.3, 0.4) is 0 Å². The van der Waals surface area contributed by atoms with Gasteiger partial charge in [-0.1, -0.05) is 44.2 Å². The van der Waals surface area contributed by atoms with Crippen LogP contribution in [0.25, 0.3) is 0 Å². The standard InChI is InChI=1S/C14H21NO2/c1-3-10-15(11-4-2)13(14(16)17)12-8-6-5-7-9-12/h5-9,13H,3-4,10-11H2,1-2H3,(H,16,17). The minimum atomic E-state index is -0.766. The summed E-state index contributed by atoms with van der Waals surface area (Å²) < 4.78 is 0. The van der Waals surface area contributed by atoms with Gasteiger partial charge in [0.1, 0.15) is 6.04 Å². The van der Waals surface area contributed by atoms with Gasteiger partial charge in [-0.15, -0.1) is 0 Å². The van der Waals surface area contributed by atoms with Gasteiger partial charge in [-0.05, 0) is 31.5 Å². The Morgan fingerprint density at radius 3 is 2.12 bits per heavy atom. The molecule has 0 aliphatic rings. The minimum Gasteiger partial charge on any atom is -0.480 e. The van der Waals surface area contributed by atoms with Crippen LogP contribution < -0.4 is 0 Å². The Morgan fingerprint density at radius 2 is 1.71 bits per heavy atom. The molecule has 17 heavy (non-hydrogen) atoms. The van der Waals surface area contributed by atoms with Gasteiger partial charge in [-0.25, -0.2) is 0 Å². The Hall–Kier alpha value is -1.35. The zero-order valence-corrected chi connectivity index (χ0v) is 10.6. The van der Waals surface area contributed by atoms with Gasteiger partial charge in [0.2, 0.25) is 0 Å². The molecule has 0 spiro atoms. The molecule has 94 valence electrons. The van der Waals surface area contributed by atoms with E-state index in [1.165, 1.54) is 0 Å². The summed E-state index contributed by atoms with van der Waals surface area (Å²) in [5.74, 6) is -0.766. The molecule has 0 saturated carbocycles. The van der Waals surface area contributed by atoms with Crippen molar-refractivity contribution in [3.8, 4) is 0 Å². The zero-order chi connectivity index (χ0) is 12.7. The number of rotatable bonds is 7. The van der Waals surface area contributed by atoms with Gasteiger partial charge in [0.05, 0.1) is 0 Å². The highest BCUT2D eigenvalue weighted by atomic mass is 16.4. The van der Waals surface area contributed by atoms with Gasteiger partial charge in [0.15, 0.2) is 0 Å². The minimum absolute atomic E-state index is 0.518. The number of carboxylic acids is 1. The lowest BCUT2D eigenvalue weighted by Crippen LogP contribution is -2.35. The molecule has 0 amide bonds. The van der Waals surface area contributed by atoms with Gasteiger partial charge in [0.25, 0.3) is 0 Å². The average Bonchev–Trinajstić information content (AvgIpc) is 2.31. The Morgan fingerprint density at radius 1 is 1.18 bits per heavy atom. The Balaban J connectivity index is 2.94. The largest absolute Gasteiger partial charge is 0.480 e. The summed E-state index contributed by atoms with van der Waals surface area (Å²) in [5, 5.41) is 9.41. The monoisotopic (exact) mass is 235 g/mol. The van der Waals surface area contributed by atoms with E-state index >= 15 is 0 Å². The first-order valence-electron chi connectivity index (χ1n) is 6.22. The maximum Gasteiger partial charge on any atom is 0.325 e. The number of carboxylic acid groups (broad SMARTS) is 1. The van der Waals surface area contributed by atoms with Crippen molar-refractivity contribution in [2.75, 3.05) is 13.1 Å². The molecule has 0 fully saturated rings. The van der Waals surface area contributed by atoms with Crippen LogP contribution >= 0.6 is 0 Å². The normalized spacial score (nSPS) is 12.6. The molecule has 1 aromatic carbocycles. The molecule has 1 unspecified atom stereocenters. The summed E-state index contributed by atoms with van der Waals surface area (Å²) in [7, 11) is 0. The second-order valence-electron chi connectivity index (χ2n) is 4.19. The van der Waals surface area contributed by atoms with E-state index in [0.29, 0.717) is 0 Å². The van der Waals surface area contributed by atoms with Crippen LogP contribution in [0, 0.1) is 0 Å².